The zero-order valence-corrected chi connectivity index (χ0v) is 22.5. The molecule has 0 amide bonds. The molecule has 2 aromatic heterocycles. The van der Waals surface area contributed by atoms with Crippen LogP contribution in [-0.2, 0) is 13.0 Å². The van der Waals surface area contributed by atoms with Gasteiger partial charge in [-0.15, -0.1) is 35.3 Å². The van der Waals surface area contributed by atoms with Gasteiger partial charge >= 0.3 is 0 Å². The summed E-state index contributed by atoms with van der Waals surface area (Å²) >= 11 is 1.83. The minimum Gasteiger partial charge on any atom is -0.444 e. The van der Waals surface area contributed by atoms with E-state index in [4.69, 9.17) is 9.41 Å². The van der Waals surface area contributed by atoms with E-state index in [1.54, 1.807) is 0 Å². The van der Waals surface area contributed by atoms with Crippen molar-refractivity contribution in [3.05, 3.63) is 39.7 Å². The number of hydrogen-bond donors (Lipinski definition) is 2. The van der Waals surface area contributed by atoms with Crippen molar-refractivity contribution in [3.63, 3.8) is 0 Å². The molecule has 1 aliphatic rings. The highest BCUT2D eigenvalue weighted by atomic mass is 127. The Hall–Kier alpha value is -1.13. The maximum absolute atomic E-state index is 5.74. The predicted octanol–water partition coefficient (Wildman–Crippen LogP) is 4.62. The second-order valence-corrected chi connectivity index (χ2v) is 9.49. The summed E-state index contributed by atoms with van der Waals surface area (Å²) in [5.74, 6) is 3.96. The number of guanidine groups is 1. The fourth-order valence-electron chi connectivity index (χ4n) is 3.81. The number of halogens is 1. The number of oxazole rings is 1. The van der Waals surface area contributed by atoms with E-state index >= 15 is 0 Å². The summed E-state index contributed by atoms with van der Waals surface area (Å²) in [5, 5.41) is 9.12. The minimum atomic E-state index is 0. The van der Waals surface area contributed by atoms with E-state index < -0.39 is 0 Å². The van der Waals surface area contributed by atoms with Crippen molar-refractivity contribution in [1.82, 2.24) is 20.5 Å². The highest BCUT2D eigenvalue weighted by molar-refractivity contribution is 14.0. The molecule has 0 aromatic carbocycles. The molecule has 8 heteroatoms. The molecule has 31 heavy (non-hydrogen) atoms. The summed E-state index contributed by atoms with van der Waals surface area (Å²) in [4.78, 5) is 13.2. The summed E-state index contributed by atoms with van der Waals surface area (Å²) < 4.78 is 5.74. The molecule has 0 bridgehead atoms. The van der Waals surface area contributed by atoms with Gasteiger partial charge in [0, 0.05) is 24.5 Å². The molecule has 0 aliphatic carbocycles. The number of hydrogen-bond acceptors (Lipinski definition) is 5. The lowest BCUT2D eigenvalue weighted by molar-refractivity contribution is 0.164. The van der Waals surface area contributed by atoms with Gasteiger partial charge in [-0.25, -0.2) is 4.98 Å². The highest BCUT2D eigenvalue weighted by Crippen LogP contribution is 2.19. The van der Waals surface area contributed by atoms with Gasteiger partial charge in [0.05, 0.1) is 12.2 Å². The molecule has 1 aliphatic heterocycles. The average molecular weight is 560 g/mol. The molecular weight excluding hydrogens is 521 g/mol. The topological polar surface area (TPSA) is 65.7 Å². The largest absolute Gasteiger partial charge is 0.444 e. The zero-order chi connectivity index (χ0) is 21.3. The van der Waals surface area contributed by atoms with Gasteiger partial charge in [0.25, 0.3) is 0 Å². The molecule has 0 radical (unpaired) electrons. The lowest BCUT2D eigenvalue weighted by Crippen LogP contribution is -2.43. The number of likely N-dealkylation sites (tertiary alicyclic amines) is 1. The Kier molecular flexibility index (Phi) is 11.3. The number of thiophene rings is 1. The van der Waals surface area contributed by atoms with E-state index in [1.807, 2.05) is 25.2 Å². The fourth-order valence-corrected chi connectivity index (χ4v) is 4.68. The van der Waals surface area contributed by atoms with Crippen LogP contribution in [-0.4, -0.2) is 48.6 Å². The Morgan fingerprint density at radius 1 is 1.32 bits per heavy atom. The van der Waals surface area contributed by atoms with Crippen LogP contribution in [0.25, 0.3) is 0 Å². The lowest BCUT2D eigenvalue weighted by atomic mass is 9.97. The standard InChI is InChI=1S/C23H37N5OS.HI/c1-5-24-23(25-14-17(2)13-21-7-6-12-30-21)26-15-20-8-10-28(11-9-20)16-22-27-18(3)19(4)29-22;/h6-7,12,17,20H,5,8-11,13-16H2,1-4H3,(H2,24,25,26);1H. The summed E-state index contributed by atoms with van der Waals surface area (Å²) in [6, 6.07) is 4.34. The second-order valence-electron chi connectivity index (χ2n) is 8.46. The van der Waals surface area contributed by atoms with Crippen LogP contribution < -0.4 is 10.6 Å². The Labute approximate surface area is 208 Å². The number of aliphatic imine (C=N–C) groups is 1. The van der Waals surface area contributed by atoms with Gasteiger partial charge in [-0.1, -0.05) is 13.0 Å². The zero-order valence-electron chi connectivity index (χ0n) is 19.3. The van der Waals surface area contributed by atoms with Gasteiger partial charge in [-0.2, -0.15) is 0 Å². The maximum Gasteiger partial charge on any atom is 0.208 e. The average Bonchev–Trinajstić information content (AvgIpc) is 3.34. The quantitative estimate of drug-likeness (QED) is 0.267. The minimum absolute atomic E-state index is 0. The van der Waals surface area contributed by atoms with E-state index in [0.717, 1.165) is 69.0 Å². The van der Waals surface area contributed by atoms with E-state index in [0.29, 0.717) is 11.8 Å². The van der Waals surface area contributed by atoms with E-state index in [9.17, 15) is 0 Å². The van der Waals surface area contributed by atoms with Crippen LogP contribution >= 0.6 is 35.3 Å². The number of nitrogens with zero attached hydrogens (tertiary/aromatic N) is 3. The van der Waals surface area contributed by atoms with Crippen LogP contribution in [0, 0.1) is 25.7 Å². The van der Waals surface area contributed by atoms with Gasteiger partial charge in [-0.3, -0.25) is 9.89 Å². The highest BCUT2D eigenvalue weighted by Gasteiger charge is 2.21. The van der Waals surface area contributed by atoms with Crippen molar-refractivity contribution in [2.75, 3.05) is 32.7 Å². The van der Waals surface area contributed by atoms with Gasteiger partial charge in [-0.05, 0) is 76.4 Å². The molecule has 1 saturated heterocycles. The van der Waals surface area contributed by atoms with Gasteiger partial charge < -0.3 is 15.1 Å². The first-order valence-electron chi connectivity index (χ1n) is 11.2. The predicted molar refractivity (Wildman–Crippen MR) is 141 cm³/mol. The van der Waals surface area contributed by atoms with E-state index in [1.165, 1.54) is 17.7 Å². The number of piperidine rings is 1. The first-order valence-corrected chi connectivity index (χ1v) is 12.1. The van der Waals surface area contributed by atoms with Crippen molar-refractivity contribution in [3.8, 4) is 0 Å². The molecule has 3 heterocycles. The van der Waals surface area contributed by atoms with Gasteiger partial charge in [0.2, 0.25) is 5.89 Å². The molecular formula is C23H38IN5OS. The monoisotopic (exact) mass is 559 g/mol. The van der Waals surface area contributed by atoms with Crippen LogP contribution in [0.1, 0.15) is 48.9 Å². The molecule has 1 unspecified atom stereocenters. The summed E-state index contributed by atoms with van der Waals surface area (Å²) in [6.45, 7) is 14.1. The third kappa shape index (κ3) is 8.73. The maximum atomic E-state index is 5.74. The smallest absolute Gasteiger partial charge is 0.208 e. The normalized spacial score (nSPS) is 16.7. The van der Waals surface area contributed by atoms with Crippen LogP contribution in [0.15, 0.2) is 26.9 Å². The molecule has 1 fully saturated rings. The van der Waals surface area contributed by atoms with Crippen molar-refractivity contribution >= 4 is 41.3 Å². The summed E-state index contributed by atoms with van der Waals surface area (Å²) in [6.07, 6.45) is 3.49. The lowest BCUT2D eigenvalue weighted by Gasteiger charge is -2.31. The van der Waals surface area contributed by atoms with Gasteiger partial charge in [0.15, 0.2) is 5.96 Å². The number of rotatable bonds is 9. The number of nitrogens with one attached hydrogen (secondary N) is 2. The number of aromatic nitrogens is 1. The fraction of sp³-hybridized carbons (Fsp3) is 0.652. The molecule has 2 aromatic rings. The first kappa shape index (κ1) is 26.1. The Balaban J connectivity index is 0.00000341. The van der Waals surface area contributed by atoms with Crippen LogP contribution in [0.5, 0.6) is 0 Å². The SMILES string of the molecule is CCNC(=NCC(C)Cc1cccs1)NCC1CCN(Cc2nc(C)c(C)o2)CC1.I. The van der Waals surface area contributed by atoms with Crippen LogP contribution in [0.4, 0.5) is 0 Å². The number of aryl methyl sites for hydroxylation is 2. The third-order valence-corrected chi connectivity index (χ3v) is 6.63. The van der Waals surface area contributed by atoms with Crippen LogP contribution in [0.3, 0.4) is 0 Å². The molecule has 0 saturated carbocycles. The molecule has 3 rings (SSSR count). The third-order valence-electron chi connectivity index (χ3n) is 5.73. The van der Waals surface area contributed by atoms with Crippen molar-refractivity contribution in [2.24, 2.45) is 16.8 Å². The molecule has 2 N–H and O–H groups in total. The van der Waals surface area contributed by atoms with Gasteiger partial charge in [0.1, 0.15) is 5.76 Å². The van der Waals surface area contributed by atoms with Crippen molar-refractivity contribution in [2.45, 2.75) is 53.5 Å². The Bertz CT molecular complexity index is 764. The van der Waals surface area contributed by atoms with E-state index in [2.05, 4.69) is 51.9 Å². The molecule has 6 nitrogen and oxygen atoms in total. The summed E-state index contributed by atoms with van der Waals surface area (Å²) in [7, 11) is 0. The first-order chi connectivity index (χ1) is 14.5. The van der Waals surface area contributed by atoms with Crippen molar-refractivity contribution in [1.29, 1.82) is 0 Å². The van der Waals surface area contributed by atoms with E-state index in [-0.39, 0.29) is 24.0 Å². The summed E-state index contributed by atoms with van der Waals surface area (Å²) in [5.41, 5.74) is 1.00. The van der Waals surface area contributed by atoms with Crippen molar-refractivity contribution < 1.29 is 4.42 Å². The molecule has 1 atom stereocenters. The second kappa shape index (κ2) is 13.4. The van der Waals surface area contributed by atoms with Crippen LogP contribution in [0.2, 0.25) is 0 Å². The molecule has 0 spiro atoms. The Morgan fingerprint density at radius 2 is 2.10 bits per heavy atom. The Morgan fingerprint density at radius 3 is 2.71 bits per heavy atom. The molecule has 174 valence electrons.